The summed E-state index contributed by atoms with van der Waals surface area (Å²) in [5.41, 5.74) is 1.12. The van der Waals surface area contributed by atoms with Crippen LogP contribution in [0.2, 0.25) is 0 Å². The fraction of sp³-hybridized carbons (Fsp3) is 0.143. The third-order valence-electron chi connectivity index (χ3n) is 0.942. The van der Waals surface area contributed by atoms with Crippen molar-refractivity contribution in [3.63, 3.8) is 0 Å². The van der Waals surface area contributed by atoms with Crippen molar-refractivity contribution in [3.05, 3.63) is 36.1 Å². The second-order valence-corrected chi connectivity index (χ2v) is 1.57. The molecule has 0 saturated carbocycles. The van der Waals surface area contributed by atoms with E-state index in [1.165, 1.54) is 0 Å². The Bertz CT molecular complexity index is 138. The molecule has 1 rings (SSSR count). The molecule has 1 nitrogen and oxygen atoms in total. The molecule has 0 aromatic heterocycles. The molecule has 42 valence electrons. The molecule has 0 amide bonds. The molecular formula is C7H8O. The van der Waals surface area contributed by atoms with Crippen LogP contribution in [-0.4, -0.2) is 7.11 Å². The summed E-state index contributed by atoms with van der Waals surface area (Å²) in [4.78, 5) is 0. The highest BCUT2D eigenvalue weighted by atomic mass is 16.5. The summed E-state index contributed by atoms with van der Waals surface area (Å²) in [5.74, 6) is 0. The van der Waals surface area contributed by atoms with E-state index in [1.54, 1.807) is 13.4 Å². The monoisotopic (exact) mass is 108 g/mol. The lowest BCUT2D eigenvalue weighted by atomic mass is 10.3. The molecule has 0 spiro atoms. The van der Waals surface area contributed by atoms with E-state index in [9.17, 15) is 0 Å². The molecular weight excluding hydrogens is 100 g/mol. The van der Waals surface area contributed by atoms with Gasteiger partial charge in [-0.15, -0.1) is 0 Å². The first-order valence-electron chi connectivity index (χ1n) is 2.51. The van der Waals surface area contributed by atoms with E-state index < -0.39 is 0 Å². The van der Waals surface area contributed by atoms with Crippen molar-refractivity contribution in [3.8, 4) is 0 Å². The van der Waals surface area contributed by atoms with E-state index in [0.717, 1.165) is 5.57 Å². The Balaban J connectivity index is 2.60. The van der Waals surface area contributed by atoms with Crippen molar-refractivity contribution < 1.29 is 4.74 Å². The molecule has 0 radical (unpaired) electrons. The predicted molar refractivity (Wildman–Crippen MR) is 33.4 cm³/mol. The van der Waals surface area contributed by atoms with Crippen LogP contribution < -0.4 is 0 Å². The molecule has 1 aliphatic rings. The van der Waals surface area contributed by atoms with Crippen molar-refractivity contribution >= 4 is 0 Å². The van der Waals surface area contributed by atoms with E-state index in [0.29, 0.717) is 0 Å². The van der Waals surface area contributed by atoms with Gasteiger partial charge in [-0.3, -0.25) is 0 Å². The normalized spacial score (nSPS) is 14.9. The van der Waals surface area contributed by atoms with Crippen molar-refractivity contribution in [2.75, 3.05) is 7.11 Å². The molecule has 1 heteroatoms. The molecule has 0 bridgehead atoms. The lowest BCUT2D eigenvalue weighted by Crippen LogP contribution is -1.69. The maximum absolute atomic E-state index is 4.76. The quantitative estimate of drug-likeness (QED) is 0.464. The molecule has 0 fully saturated rings. The highest BCUT2D eigenvalue weighted by molar-refractivity contribution is 5.38. The maximum Gasteiger partial charge on any atom is 0.0896 e. The van der Waals surface area contributed by atoms with Crippen LogP contribution in [0.1, 0.15) is 0 Å². The Morgan fingerprint density at radius 3 is 2.50 bits per heavy atom. The Hall–Kier alpha value is -0.980. The van der Waals surface area contributed by atoms with Crippen LogP contribution in [0.5, 0.6) is 0 Å². The summed E-state index contributed by atoms with van der Waals surface area (Å²) in [7, 11) is 1.65. The second-order valence-electron chi connectivity index (χ2n) is 1.57. The van der Waals surface area contributed by atoms with Gasteiger partial charge in [-0.1, -0.05) is 24.3 Å². The van der Waals surface area contributed by atoms with Gasteiger partial charge in [0.2, 0.25) is 0 Å². The summed E-state index contributed by atoms with van der Waals surface area (Å²) < 4.78 is 4.76. The Morgan fingerprint density at radius 2 is 2.00 bits per heavy atom. The number of rotatable bonds is 1. The zero-order chi connectivity index (χ0) is 5.82. The molecule has 1 aliphatic carbocycles. The van der Waals surface area contributed by atoms with Gasteiger partial charge < -0.3 is 4.74 Å². The summed E-state index contributed by atoms with van der Waals surface area (Å²) in [6.07, 6.45) is 9.64. The number of methoxy groups -OCH3 is 1. The fourth-order valence-corrected chi connectivity index (χ4v) is 0.604. The zero-order valence-corrected chi connectivity index (χ0v) is 4.79. The molecule has 0 saturated heterocycles. The van der Waals surface area contributed by atoms with Gasteiger partial charge in [0.25, 0.3) is 0 Å². The van der Waals surface area contributed by atoms with E-state index in [4.69, 9.17) is 4.74 Å². The van der Waals surface area contributed by atoms with Crippen LogP contribution in [0.4, 0.5) is 0 Å². The number of ether oxygens (including phenoxy) is 1. The third kappa shape index (κ3) is 0.997. The molecule has 0 aliphatic heterocycles. The average Bonchev–Trinajstić information content (AvgIpc) is 2.19. The Morgan fingerprint density at radius 1 is 1.38 bits per heavy atom. The highest BCUT2D eigenvalue weighted by Crippen LogP contribution is 2.05. The first-order chi connectivity index (χ1) is 3.93. The first kappa shape index (κ1) is 5.16. The maximum atomic E-state index is 4.76. The van der Waals surface area contributed by atoms with Gasteiger partial charge in [0.15, 0.2) is 0 Å². The van der Waals surface area contributed by atoms with Gasteiger partial charge in [-0.2, -0.15) is 0 Å². The minimum absolute atomic E-state index is 1.12. The smallest absolute Gasteiger partial charge is 0.0896 e. The molecule has 0 N–H and O–H groups in total. The van der Waals surface area contributed by atoms with Crippen LogP contribution >= 0.6 is 0 Å². The summed E-state index contributed by atoms with van der Waals surface area (Å²) in [6.45, 7) is 0. The third-order valence-corrected chi connectivity index (χ3v) is 0.942. The largest absolute Gasteiger partial charge is 0.504 e. The van der Waals surface area contributed by atoms with Crippen molar-refractivity contribution in [2.24, 2.45) is 0 Å². The number of allylic oxidation sites excluding steroid dienone is 5. The van der Waals surface area contributed by atoms with E-state index in [-0.39, 0.29) is 0 Å². The predicted octanol–water partition coefficient (Wildman–Crippen LogP) is 1.64. The van der Waals surface area contributed by atoms with E-state index in [2.05, 4.69) is 0 Å². The van der Waals surface area contributed by atoms with Gasteiger partial charge in [-0.25, -0.2) is 0 Å². The fourth-order valence-electron chi connectivity index (χ4n) is 0.604. The highest BCUT2D eigenvalue weighted by Gasteiger charge is 1.87. The molecule has 0 heterocycles. The van der Waals surface area contributed by atoms with Gasteiger partial charge in [0, 0.05) is 5.57 Å². The number of hydrogen-bond donors (Lipinski definition) is 0. The Kier molecular flexibility index (Phi) is 1.52. The van der Waals surface area contributed by atoms with Crippen LogP contribution in [0.25, 0.3) is 0 Å². The SMILES string of the molecule is COC=C1C=CC=C1. The topological polar surface area (TPSA) is 9.23 Å². The van der Waals surface area contributed by atoms with Crippen molar-refractivity contribution in [2.45, 2.75) is 0 Å². The van der Waals surface area contributed by atoms with Crippen molar-refractivity contribution in [1.29, 1.82) is 0 Å². The standard InChI is InChI=1S/C7H8O/c1-8-6-7-4-2-3-5-7/h2-6H,1H3. The van der Waals surface area contributed by atoms with Crippen LogP contribution in [0.15, 0.2) is 36.1 Å². The molecule has 0 aromatic carbocycles. The number of hydrogen-bond acceptors (Lipinski definition) is 1. The summed E-state index contributed by atoms with van der Waals surface area (Å²) >= 11 is 0. The van der Waals surface area contributed by atoms with Gasteiger partial charge in [0.1, 0.15) is 0 Å². The molecule has 8 heavy (non-hydrogen) atoms. The van der Waals surface area contributed by atoms with Gasteiger partial charge in [0.05, 0.1) is 13.4 Å². The van der Waals surface area contributed by atoms with Gasteiger partial charge in [-0.05, 0) is 0 Å². The Labute approximate surface area is 49.0 Å². The molecule has 0 aromatic rings. The van der Waals surface area contributed by atoms with Gasteiger partial charge >= 0.3 is 0 Å². The second kappa shape index (κ2) is 2.36. The van der Waals surface area contributed by atoms with Crippen LogP contribution in [-0.2, 0) is 4.74 Å². The summed E-state index contributed by atoms with van der Waals surface area (Å²) in [5, 5.41) is 0. The van der Waals surface area contributed by atoms with Crippen LogP contribution in [0.3, 0.4) is 0 Å². The van der Waals surface area contributed by atoms with Crippen molar-refractivity contribution in [1.82, 2.24) is 0 Å². The molecule has 0 unspecified atom stereocenters. The lowest BCUT2D eigenvalue weighted by molar-refractivity contribution is 0.336. The minimum Gasteiger partial charge on any atom is -0.504 e. The summed E-state index contributed by atoms with van der Waals surface area (Å²) in [6, 6.07) is 0. The van der Waals surface area contributed by atoms with E-state index >= 15 is 0 Å². The van der Waals surface area contributed by atoms with Crippen LogP contribution in [0, 0.1) is 0 Å². The lowest BCUT2D eigenvalue weighted by Gasteiger charge is -1.86. The zero-order valence-electron chi connectivity index (χ0n) is 4.79. The van der Waals surface area contributed by atoms with E-state index in [1.807, 2.05) is 24.3 Å². The minimum atomic E-state index is 1.12. The molecule has 0 atom stereocenters. The first-order valence-corrected chi connectivity index (χ1v) is 2.51. The average molecular weight is 108 g/mol.